The quantitative estimate of drug-likeness (QED) is 0.571. The molecule has 0 saturated carbocycles. The van der Waals surface area contributed by atoms with Crippen LogP contribution in [0.2, 0.25) is 0 Å². The van der Waals surface area contributed by atoms with Gasteiger partial charge in [0.15, 0.2) is 0 Å². The van der Waals surface area contributed by atoms with Gasteiger partial charge >= 0.3 is 0 Å². The van der Waals surface area contributed by atoms with Gasteiger partial charge in [0.2, 0.25) is 15.9 Å². The van der Waals surface area contributed by atoms with Crippen molar-refractivity contribution in [1.82, 2.24) is 19.5 Å². The highest BCUT2D eigenvalue weighted by Crippen LogP contribution is 2.24. The molecule has 2 amide bonds. The predicted octanol–water partition coefficient (Wildman–Crippen LogP) is 2.06. The highest BCUT2D eigenvalue weighted by molar-refractivity contribution is 7.89. The van der Waals surface area contributed by atoms with E-state index in [0.29, 0.717) is 64.2 Å². The molecule has 2 fully saturated rings. The monoisotopic (exact) mass is 511 g/mol. The van der Waals surface area contributed by atoms with E-state index in [0.717, 1.165) is 11.5 Å². The number of hydrogen-bond donors (Lipinski definition) is 1. The number of nitrogens with one attached hydrogen (secondary N) is 1. The Hall–Kier alpha value is -3.24. The van der Waals surface area contributed by atoms with Crippen LogP contribution in [0.5, 0.6) is 0 Å². The molecule has 0 radical (unpaired) electrons. The van der Waals surface area contributed by atoms with Crippen LogP contribution in [-0.4, -0.2) is 80.2 Å². The number of carbonyl (C=O) groups excluding carboxylic acids is 2. The lowest BCUT2D eigenvalue weighted by Crippen LogP contribution is -2.49. The van der Waals surface area contributed by atoms with Crippen LogP contribution < -0.4 is 10.2 Å². The molecule has 0 atom stereocenters. The molecule has 2 aliphatic heterocycles. The summed E-state index contributed by atoms with van der Waals surface area (Å²) in [5, 5.41) is 2.78. The number of piperazine rings is 1. The number of rotatable bonds is 7. The molecule has 1 aromatic heterocycles. The lowest BCUT2D eigenvalue weighted by molar-refractivity contribution is -0.116. The van der Waals surface area contributed by atoms with Gasteiger partial charge in [-0.25, -0.2) is 13.4 Å². The van der Waals surface area contributed by atoms with Crippen molar-refractivity contribution in [1.29, 1.82) is 0 Å². The molecule has 2 aromatic rings. The molecule has 192 valence electrons. The van der Waals surface area contributed by atoms with E-state index in [4.69, 9.17) is 0 Å². The molecular weight excluding hydrogens is 478 g/mol. The molecule has 36 heavy (non-hydrogen) atoms. The van der Waals surface area contributed by atoms with E-state index in [1.807, 2.05) is 25.1 Å². The Labute approximate surface area is 212 Å². The molecule has 2 aliphatic rings. The fraction of sp³-hybridized carbons (Fsp3) is 0.423. The zero-order valence-electron chi connectivity index (χ0n) is 20.6. The second-order valence-corrected chi connectivity index (χ2v) is 11.2. The van der Waals surface area contributed by atoms with Crippen molar-refractivity contribution in [3.8, 4) is 0 Å². The average molecular weight is 512 g/mol. The van der Waals surface area contributed by atoms with E-state index >= 15 is 0 Å². The first-order valence-electron chi connectivity index (χ1n) is 12.3. The second-order valence-electron chi connectivity index (χ2n) is 9.24. The number of nitrogens with zero attached hydrogens (tertiary/aromatic N) is 4. The van der Waals surface area contributed by atoms with Crippen LogP contribution in [0, 0.1) is 12.8 Å². The van der Waals surface area contributed by atoms with E-state index in [1.54, 1.807) is 17.0 Å². The van der Waals surface area contributed by atoms with E-state index < -0.39 is 10.0 Å². The van der Waals surface area contributed by atoms with E-state index in [-0.39, 0.29) is 22.6 Å². The summed E-state index contributed by atoms with van der Waals surface area (Å²) in [5.74, 6) is 0.841. The van der Waals surface area contributed by atoms with Gasteiger partial charge in [-0.2, -0.15) is 4.31 Å². The highest BCUT2D eigenvalue weighted by Gasteiger charge is 2.30. The summed E-state index contributed by atoms with van der Waals surface area (Å²) in [6.45, 7) is 9.27. The number of aryl methyl sites for hydroxylation is 1. The second kappa shape index (κ2) is 11.2. The van der Waals surface area contributed by atoms with Crippen LogP contribution in [0.25, 0.3) is 0 Å². The topological polar surface area (TPSA) is 103 Å². The Morgan fingerprint density at radius 3 is 2.31 bits per heavy atom. The molecule has 2 saturated heterocycles. The Morgan fingerprint density at radius 1 is 1.03 bits per heavy atom. The Morgan fingerprint density at radius 2 is 1.69 bits per heavy atom. The molecule has 3 heterocycles. The molecule has 0 aliphatic carbocycles. The maximum absolute atomic E-state index is 13.1. The number of piperidine rings is 1. The van der Waals surface area contributed by atoms with Crippen LogP contribution in [-0.2, 0) is 14.8 Å². The molecular formula is C26H33N5O4S. The molecule has 1 N–H and O–H groups in total. The molecule has 0 unspecified atom stereocenters. The van der Waals surface area contributed by atoms with Gasteiger partial charge in [0, 0.05) is 57.1 Å². The normalized spacial score (nSPS) is 17.6. The van der Waals surface area contributed by atoms with Gasteiger partial charge in [0.25, 0.3) is 5.91 Å². The first-order valence-corrected chi connectivity index (χ1v) is 13.7. The predicted molar refractivity (Wildman–Crippen MR) is 138 cm³/mol. The largest absolute Gasteiger partial charge is 0.353 e. The summed E-state index contributed by atoms with van der Waals surface area (Å²) in [4.78, 5) is 33.1. The number of sulfonamides is 1. The Kier molecular flexibility index (Phi) is 8.05. The van der Waals surface area contributed by atoms with E-state index in [1.165, 1.54) is 22.5 Å². The lowest BCUT2D eigenvalue weighted by atomic mass is 9.98. The minimum absolute atomic E-state index is 0.0989. The number of aromatic nitrogens is 1. The van der Waals surface area contributed by atoms with Gasteiger partial charge in [0.05, 0.1) is 4.90 Å². The average Bonchev–Trinajstić information content (AvgIpc) is 2.91. The smallest absolute Gasteiger partial charge is 0.253 e. The van der Waals surface area contributed by atoms with Gasteiger partial charge in [-0.3, -0.25) is 9.59 Å². The number of hydrogen-bond acceptors (Lipinski definition) is 6. The Bertz CT molecular complexity index is 1200. The highest BCUT2D eigenvalue weighted by atomic mass is 32.2. The zero-order chi connectivity index (χ0) is 25.7. The summed E-state index contributed by atoms with van der Waals surface area (Å²) in [6.07, 6.45) is 2.59. The maximum Gasteiger partial charge on any atom is 0.253 e. The third-order valence-electron chi connectivity index (χ3n) is 6.83. The van der Waals surface area contributed by atoms with E-state index in [9.17, 15) is 18.0 Å². The van der Waals surface area contributed by atoms with Gasteiger partial charge < -0.3 is 15.1 Å². The van der Waals surface area contributed by atoms with E-state index in [2.05, 4.69) is 21.8 Å². The van der Waals surface area contributed by atoms with Crippen molar-refractivity contribution in [3.63, 3.8) is 0 Å². The number of anilines is 1. The van der Waals surface area contributed by atoms with Gasteiger partial charge in [-0.05, 0) is 68.2 Å². The molecule has 10 heteroatoms. The maximum atomic E-state index is 13.1. The number of benzene rings is 1. The van der Waals surface area contributed by atoms with Crippen LogP contribution >= 0.6 is 0 Å². The van der Waals surface area contributed by atoms with Crippen molar-refractivity contribution in [2.45, 2.75) is 24.7 Å². The Balaban J connectivity index is 1.32. The van der Waals surface area contributed by atoms with Crippen LogP contribution in [0.4, 0.5) is 5.82 Å². The third-order valence-corrected chi connectivity index (χ3v) is 8.74. The fourth-order valence-electron chi connectivity index (χ4n) is 4.62. The summed E-state index contributed by atoms with van der Waals surface area (Å²) in [5.41, 5.74) is 1.44. The fourth-order valence-corrected chi connectivity index (χ4v) is 6.09. The molecule has 0 bridgehead atoms. The van der Waals surface area contributed by atoms with Gasteiger partial charge in [-0.1, -0.05) is 12.6 Å². The van der Waals surface area contributed by atoms with Crippen molar-refractivity contribution in [3.05, 3.63) is 66.4 Å². The lowest BCUT2D eigenvalue weighted by Gasteiger charge is -2.35. The summed E-state index contributed by atoms with van der Waals surface area (Å²) in [7, 11) is -3.64. The first kappa shape index (κ1) is 25.8. The standard InChI is InChI=1S/C26H33N5O4S/c1-3-25(32)27-19-21-11-13-31(14-12-21)36(34,35)23-9-7-22(8-10-23)26(33)30-17-15-29(16-18-30)24-6-4-5-20(2)28-24/h3-10,21H,1,11-19H2,2H3,(H,27,32). The molecule has 4 rings (SSSR count). The van der Waals surface area contributed by atoms with Crippen molar-refractivity contribution >= 4 is 27.7 Å². The van der Waals surface area contributed by atoms with Crippen molar-refractivity contribution in [2.75, 3.05) is 50.7 Å². The number of carbonyl (C=O) groups is 2. The number of pyridine rings is 1. The number of amides is 2. The molecule has 0 spiro atoms. The SMILES string of the molecule is C=CC(=O)NCC1CCN(S(=O)(=O)c2ccc(C(=O)N3CCN(c4cccc(C)n4)CC3)cc2)CC1. The minimum Gasteiger partial charge on any atom is -0.353 e. The van der Waals surface area contributed by atoms with Gasteiger partial charge in [-0.15, -0.1) is 0 Å². The van der Waals surface area contributed by atoms with Crippen LogP contribution in [0.1, 0.15) is 28.9 Å². The molecule has 9 nitrogen and oxygen atoms in total. The summed E-state index contributed by atoms with van der Waals surface area (Å²) in [6, 6.07) is 12.2. The first-order chi connectivity index (χ1) is 17.3. The van der Waals surface area contributed by atoms with Crippen LogP contribution in [0.15, 0.2) is 60.0 Å². The molecule has 1 aromatic carbocycles. The minimum atomic E-state index is -3.64. The summed E-state index contributed by atoms with van der Waals surface area (Å²) < 4.78 is 27.7. The van der Waals surface area contributed by atoms with Crippen LogP contribution in [0.3, 0.4) is 0 Å². The summed E-state index contributed by atoms with van der Waals surface area (Å²) >= 11 is 0. The third kappa shape index (κ3) is 5.93. The van der Waals surface area contributed by atoms with Gasteiger partial charge in [0.1, 0.15) is 5.82 Å². The van der Waals surface area contributed by atoms with Crippen molar-refractivity contribution in [2.24, 2.45) is 5.92 Å². The van der Waals surface area contributed by atoms with Crippen molar-refractivity contribution < 1.29 is 18.0 Å². The zero-order valence-corrected chi connectivity index (χ0v) is 21.4.